The van der Waals surface area contributed by atoms with Crippen molar-refractivity contribution in [3.63, 3.8) is 0 Å². The molecule has 0 aliphatic heterocycles. The lowest BCUT2D eigenvalue weighted by molar-refractivity contribution is -0.112. The van der Waals surface area contributed by atoms with E-state index in [4.69, 9.17) is 5.26 Å². The topological polar surface area (TPSA) is 85.2 Å². The van der Waals surface area contributed by atoms with E-state index in [0.717, 1.165) is 10.0 Å². The number of nitrogens with one attached hydrogen (secondary N) is 2. The van der Waals surface area contributed by atoms with E-state index in [1.165, 1.54) is 18.3 Å². The summed E-state index contributed by atoms with van der Waals surface area (Å²) in [6.45, 7) is 0.485. The van der Waals surface area contributed by atoms with Gasteiger partial charge in [-0.1, -0.05) is 34.1 Å². The van der Waals surface area contributed by atoms with E-state index in [1.54, 1.807) is 12.1 Å². The predicted octanol–water partition coefficient (Wildman–Crippen LogP) is 3.29. The van der Waals surface area contributed by atoms with E-state index < -0.39 is 5.91 Å². The zero-order valence-electron chi connectivity index (χ0n) is 12.1. The Hall–Kier alpha value is -2.78. The van der Waals surface area contributed by atoms with E-state index in [-0.39, 0.29) is 11.3 Å². The maximum absolute atomic E-state index is 12.0. The molecule has 0 unspecified atom stereocenters. The van der Waals surface area contributed by atoms with Gasteiger partial charge in [0.25, 0.3) is 5.91 Å². The van der Waals surface area contributed by atoms with Crippen LogP contribution in [0.4, 0.5) is 5.69 Å². The summed E-state index contributed by atoms with van der Waals surface area (Å²) in [4.78, 5) is 12.0. The van der Waals surface area contributed by atoms with Crippen molar-refractivity contribution >= 4 is 27.5 Å². The number of halogens is 1. The van der Waals surface area contributed by atoms with E-state index in [9.17, 15) is 9.90 Å². The van der Waals surface area contributed by atoms with Crippen molar-refractivity contribution in [3.8, 4) is 11.8 Å². The van der Waals surface area contributed by atoms with Gasteiger partial charge in [-0.2, -0.15) is 5.26 Å². The zero-order chi connectivity index (χ0) is 16.7. The lowest BCUT2D eigenvalue weighted by atomic mass is 10.2. The largest absolute Gasteiger partial charge is 0.508 e. The predicted molar refractivity (Wildman–Crippen MR) is 91.4 cm³/mol. The van der Waals surface area contributed by atoms with Gasteiger partial charge in [-0.3, -0.25) is 4.79 Å². The molecule has 0 saturated heterocycles. The van der Waals surface area contributed by atoms with Crippen LogP contribution < -0.4 is 10.6 Å². The molecular formula is C17H14BrN3O2. The van der Waals surface area contributed by atoms with Crippen LogP contribution in [0.25, 0.3) is 0 Å². The van der Waals surface area contributed by atoms with Crippen LogP contribution in [-0.4, -0.2) is 11.0 Å². The summed E-state index contributed by atoms with van der Waals surface area (Å²) in [5.41, 5.74) is 1.48. The molecule has 0 atom stereocenters. The van der Waals surface area contributed by atoms with Crippen molar-refractivity contribution in [1.82, 2.24) is 5.32 Å². The molecule has 0 bridgehead atoms. The fraction of sp³-hybridized carbons (Fsp3) is 0.0588. The molecule has 2 aromatic carbocycles. The summed E-state index contributed by atoms with van der Waals surface area (Å²) in [7, 11) is 0. The third kappa shape index (κ3) is 4.87. The van der Waals surface area contributed by atoms with Crippen LogP contribution in [0.3, 0.4) is 0 Å². The van der Waals surface area contributed by atoms with Crippen LogP contribution in [0.5, 0.6) is 5.75 Å². The molecule has 2 rings (SSSR count). The molecule has 1 amide bonds. The third-order valence-electron chi connectivity index (χ3n) is 2.99. The molecule has 0 heterocycles. The smallest absolute Gasteiger partial charge is 0.267 e. The first-order chi connectivity index (χ1) is 11.1. The van der Waals surface area contributed by atoms with Crippen molar-refractivity contribution in [1.29, 1.82) is 5.26 Å². The zero-order valence-corrected chi connectivity index (χ0v) is 13.7. The number of hydrogen-bond donors (Lipinski definition) is 3. The summed E-state index contributed by atoms with van der Waals surface area (Å²) in [6, 6.07) is 15.6. The Balaban J connectivity index is 1.98. The second-order valence-corrected chi connectivity index (χ2v) is 5.50. The van der Waals surface area contributed by atoms with Crippen LogP contribution in [0.2, 0.25) is 0 Å². The summed E-state index contributed by atoms with van der Waals surface area (Å²) in [5.74, 6) is -0.410. The Morgan fingerprint density at radius 1 is 1.22 bits per heavy atom. The Morgan fingerprint density at radius 2 is 1.91 bits per heavy atom. The van der Waals surface area contributed by atoms with Gasteiger partial charge >= 0.3 is 0 Å². The second-order valence-electron chi connectivity index (χ2n) is 4.64. The molecule has 0 aliphatic rings. The Morgan fingerprint density at radius 3 is 2.57 bits per heavy atom. The Labute approximate surface area is 142 Å². The third-order valence-corrected chi connectivity index (χ3v) is 3.76. The maximum atomic E-state index is 12.0. The number of rotatable bonds is 5. The lowest BCUT2D eigenvalue weighted by Gasteiger charge is -2.06. The fourth-order valence-corrected chi connectivity index (χ4v) is 2.22. The van der Waals surface area contributed by atoms with Crippen LogP contribution >= 0.6 is 15.9 Å². The number of phenols is 1. The van der Waals surface area contributed by atoms with Crippen LogP contribution in [0.15, 0.2) is 64.8 Å². The van der Waals surface area contributed by atoms with Gasteiger partial charge in [0.1, 0.15) is 17.4 Å². The SMILES string of the molecule is N#C/C(=C/NCc1ccccc1Br)C(=O)Nc1ccc(O)cc1. The van der Waals surface area contributed by atoms with Gasteiger partial charge in [0.2, 0.25) is 0 Å². The van der Waals surface area contributed by atoms with E-state index >= 15 is 0 Å². The molecule has 0 radical (unpaired) electrons. The van der Waals surface area contributed by atoms with Gasteiger partial charge in [0.15, 0.2) is 0 Å². The number of anilines is 1. The van der Waals surface area contributed by atoms with Gasteiger partial charge in [-0.15, -0.1) is 0 Å². The average molecular weight is 372 g/mol. The number of hydrogen-bond acceptors (Lipinski definition) is 4. The molecule has 116 valence electrons. The monoisotopic (exact) mass is 371 g/mol. The Kier molecular flexibility index (Phi) is 5.78. The molecule has 6 heteroatoms. The number of carbonyl (C=O) groups is 1. The number of benzene rings is 2. The highest BCUT2D eigenvalue weighted by molar-refractivity contribution is 9.10. The average Bonchev–Trinajstić information content (AvgIpc) is 2.55. The highest BCUT2D eigenvalue weighted by atomic mass is 79.9. The van der Waals surface area contributed by atoms with Crippen LogP contribution in [0, 0.1) is 11.3 Å². The molecule has 0 spiro atoms. The van der Waals surface area contributed by atoms with E-state index in [0.29, 0.717) is 12.2 Å². The van der Waals surface area contributed by atoms with Gasteiger partial charge in [-0.25, -0.2) is 0 Å². The molecule has 0 fully saturated rings. The minimum absolute atomic E-state index is 0.0369. The standard InChI is InChI=1S/C17H14BrN3O2/c18-16-4-2-1-3-12(16)10-20-11-13(9-19)17(23)21-14-5-7-15(22)8-6-14/h1-8,11,20,22H,10H2,(H,21,23)/b13-11-. The summed E-state index contributed by atoms with van der Waals surface area (Å²) >= 11 is 3.43. The van der Waals surface area contributed by atoms with Gasteiger partial charge in [-0.05, 0) is 35.9 Å². The van der Waals surface area contributed by atoms with Crippen LogP contribution in [0.1, 0.15) is 5.56 Å². The summed E-state index contributed by atoms with van der Waals surface area (Å²) in [5, 5.41) is 23.8. The van der Waals surface area contributed by atoms with Crippen LogP contribution in [-0.2, 0) is 11.3 Å². The minimum Gasteiger partial charge on any atom is -0.508 e. The number of phenolic OH excluding ortho intramolecular Hbond substituents is 1. The van der Waals surface area contributed by atoms with Crippen molar-refractivity contribution in [2.45, 2.75) is 6.54 Å². The molecule has 0 saturated carbocycles. The van der Waals surface area contributed by atoms with E-state index in [1.807, 2.05) is 30.3 Å². The van der Waals surface area contributed by atoms with Crippen molar-refractivity contribution in [2.24, 2.45) is 0 Å². The van der Waals surface area contributed by atoms with Crippen molar-refractivity contribution < 1.29 is 9.90 Å². The molecule has 0 aromatic heterocycles. The second kappa shape index (κ2) is 8.01. The molecule has 5 nitrogen and oxygen atoms in total. The normalized spacial score (nSPS) is 10.7. The number of aromatic hydroxyl groups is 1. The fourth-order valence-electron chi connectivity index (χ4n) is 1.80. The summed E-state index contributed by atoms with van der Waals surface area (Å²) in [6.07, 6.45) is 1.38. The molecule has 0 aliphatic carbocycles. The number of carbonyl (C=O) groups excluding carboxylic acids is 1. The van der Waals surface area contributed by atoms with Gasteiger partial charge in [0.05, 0.1) is 0 Å². The van der Waals surface area contributed by atoms with Gasteiger partial charge < -0.3 is 15.7 Å². The molecular weight excluding hydrogens is 358 g/mol. The molecule has 3 N–H and O–H groups in total. The minimum atomic E-state index is -0.516. The maximum Gasteiger partial charge on any atom is 0.267 e. The van der Waals surface area contributed by atoms with E-state index in [2.05, 4.69) is 26.6 Å². The Bertz CT molecular complexity index is 764. The molecule has 2 aromatic rings. The first kappa shape index (κ1) is 16.6. The quantitative estimate of drug-likeness (QED) is 0.427. The number of amides is 1. The summed E-state index contributed by atoms with van der Waals surface area (Å²) < 4.78 is 0.952. The highest BCUT2D eigenvalue weighted by Crippen LogP contribution is 2.16. The van der Waals surface area contributed by atoms with Gasteiger partial charge in [0, 0.05) is 22.9 Å². The first-order valence-electron chi connectivity index (χ1n) is 6.77. The highest BCUT2D eigenvalue weighted by Gasteiger charge is 2.09. The number of nitriles is 1. The lowest BCUT2D eigenvalue weighted by Crippen LogP contribution is -2.16. The van der Waals surface area contributed by atoms with Crippen molar-refractivity contribution in [2.75, 3.05) is 5.32 Å². The molecule has 23 heavy (non-hydrogen) atoms. The number of nitrogens with zero attached hydrogens (tertiary/aromatic N) is 1. The van der Waals surface area contributed by atoms with Crippen molar-refractivity contribution in [3.05, 3.63) is 70.3 Å². The first-order valence-corrected chi connectivity index (χ1v) is 7.57.